The topological polar surface area (TPSA) is 59.4 Å². The Morgan fingerprint density at radius 1 is 1.64 bits per heavy atom. The quantitative estimate of drug-likeness (QED) is 0.775. The fraction of sp³-hybridized carbons (Fsp3) is 0.400. The zero-order valence-electron chi connectivity index (χ0n) is 7.64. The molecule has 0 aliphatic carbocycles. The smallest absolute Gasteiger partial charge is 0.354 e. The molecule has 0 amide bonds. The number of carboxylic acids is 1. The molecule has 2 heterocycles. The van der Waals surface area contributed by atoms with Crippen LogP contribution >= 0.6 is 0 Å². The highest BCUT2D eigenvalue weighted by Crippen LogP contribution is 2.29. The number of aromatic nitrogens is 1. The largest absolute Gasteiger partial charge is 0.477 e. The standard InChI is InChI=1S/C10H11NO3/c12-10(13)9-7(3-1-5-11-9)8-4-2-6-14-8/h1,3,5,8H,2,4,6H2,(H,12,13). The van der Waals surface area contributed by atoms with E-state index in [1.54, 1.807) is 12.1 Å². The van der Waals surface area contributed by atoms with Crippen molar-refractivity contribution in [1.29, 1.82) is 0 Å². The van der Waals surface area contributed by atoms with Gasteiger partial charge in [-0.2, -0.15) is 0 Å². The summed E-state index contributed by atoms with van der Waals surface area (Å²) in [5.41, 5.74) is 0.803. The highest BCUT2D eigenvalue weighted by atomic mass is 16.5. The second-order valence-corrected chi connectivity index (χ2v) is 3.25. The lowest BCUT2D eigenvalue weighted by atomic mass is 10.1. The summed E-state index contributed by atoms with van der Waals surface area (Å²) < 4.78 is 5.43. The van der Waals surface area contributed by atoms with E-state index >= 15 is 0 Å². The fourth-order valence-corrected chi connectivity index (χ4v) is 1.68. The Morgan fingerprint density at radius 2 is 2.50 bits per heavy atom. The Bertz CT molecular complexity index is 345. The first-order valence-corrected chi connectivity index (χ1v) is 4.59. The average molecular weight is 193 g/mol. The number of hydrogen-bond donors (Lipinski definition) is 1. The van der Waals surface area contributed by atoms with Gasteiger partial charge in [-0.15, -0.1) is 0 Å². The number of nitrogens with zero attached hydrogens (tertiary/aromatic N) is 1. The highest BCUT2D eigenvalue weighted by Gasteiger charge is 2.23. The Balaban J connectivity index is 2.35. The van der Waals surface area contributed by atoms with Crippen LogP contribution in [0, 0.1) is 0 Å². The second kappa shape index (κ2) is 3.75. The third-order valence-corrected chi connectivity index (χ3v) is 2.32. The van der Waals surface area contributed by atoms with Crippen molar-refractivity contribution in [2.24, 2.45) is 0 Å². The van der Waals surface area contributed by atoms with Crippen molar-refractivity contribution in [1.82, 2.24) is 4.98 Å². The van der Waals surface area contributed by atoms with Crippen LogP contribution in [0.4, 0.5) is 0 Å². The molecule has 0 saturated carbocycles. The normalized spacial score (nSPS) is 21.0. The predicted molar refractivity (Wildman–Crippen MR) is 49.1 cm³/mol. The lowest BCUT2D eigenvalue weighted by Gasteiger charge is -2.11. The Kier molecular flexibility index (Phi) is 2.45. The molecular weight excluding hydrogens is 182 g/mol. The van der Waals surface area contributed by atoms with Crippen LogP contribution in [-0.4, -0.2) is 22.7 Å². The molecule has 1 aliphatic heterocycles. The van der Waals surface area contributed by atoms with Gasteiger partial charge in [0.2, 0.25) is 0 Å². The van der Waals surface area contributed by atoms with E-state index in [1.165, 1.54) is 6.20 Å². The molecule has 1 saturated heterocycles. The molecular formula is C10H11NO3. The van der Waals surface area contributed by atoms with Crippen LogP contribution in [0.2, 0.25) is 0 Å². The summed E-state index contributed by atoms with van der Waals surface area (Å²) in [5.74, 6) is -0.990. The number of pyridine rings is 1. The van der Waals surface area contributed by atoms with Crippen molar-refractivity contribution >= 4 is 5.97 Å². The molecule has 1 N–H and O–H groups in total. The summed E-state index contributed by atoms with van der Waals surface area (Å²) in [4.78, 5) is 14.7. The molecule has 0 radical (unpaired) electrons. The van der Waals surface area contributed by atoms with E-state index in [-0.39, 0.29) is 11.8 Å². The van der Waals surface area contributed by atoms with Gasteiger partial charge in [0.1, 0.15) is 0 Å². The summed E-state index contributed by atoms with van der Waals surface area (Å²) in [5, 5.41) is 8.91. The molecule has 1 aromatic rings. The molecule has 2 rings (SSSR count). The van der Waals surface area contributed by atoms with Crippen molar-refractivity contribution in [3.8, 4) is 0 Å². The first kappa shape index (κ1) is 9.15. The van der Waals surface area contributed by atoms with E-state index in [2.05, 4.69) is 4.98 Å². The Morgan fingerprint density at radius 3 is 3.14 bits per heavy atom. The van der Waals surface area contributed by atoms with E-state index in [0.29, 0.717) is 12.2 Å². The maximum atomic E-state index is 10.9. The molecule has 0 spiro atoms. The van der Waals surface area contributed by atoms with Crippen molar-refractivity contribution < 1.29 is 14.6 Å². The van der Waals surface area contributed by atoms with Gasteiger partial charge in [0.25, 0.3) is 0 Å². The fourth-order valence-electron chi connectivity index (χ4n) is 1.68. The molecule has 14 heavy (non-hydrogen) atoms. The highest BCUT2D eigenvalue weighted by molar-refractivity contribution is 5.87. The van der Waals surface area contributed by atoms with Gasteiger partial charge in [0, 0.05) is 18.4 Å². The third kappa shape index (κ3) is 1.61. The van der Waals surface area contributed by atoms with Gasteiger partial charge in [-0.05, 0) is 18.9 Å². The molecule has 0 bridgehead atoms. The summed E-state index contributed by atoms with van der Waals surface area (Å²) >= 11 is 0. The first-order chi connectivity index (χ1) is 6.79. The van der Waals surface area contributed by atoms with Gasteiger partial charge in [-0.1, -0.05) is 6.07 Å². The molecule has 1 unspecified atom stereocenters. The number of rotatable bonds is 2. The molecule has 1 fully saturated rings. The van der Waals surface area contributed by atoms with Gasteiger partial charge in [0.05, 0.1) is 6.10 Å². The molecule has 4 heteroatoms. The number of carboxylic acid groups (broad SMARTS) is 1. The maximum Gasteiger partial charge on any atom is 0.354 e. The van der Waals surface area contributed by atoms with Crippen molar-refractivity contribution in [3.63, 3.8) is 0 Å². The van der Waals surface area contributed by atoms with Crippen molar-refractivity contribution in [2.75, 3.05) is 6.61 Å². The van der Waals surface area contributed by atoms with Crippen LogP contribution in [0.3, 0.4) is 0 Å². The molecule has 74 valence electrons. The van der Waals surface area contributed by atoms with Gasteiger partial charge in [-0.25, -0.2) is 9.78 Å². The van der Waals surface area contributed by atoms with Gasteiger partial charge >= 0.3 is 5.97 Å². The van der Waals surface area contributed by atoms with Crippen LogP contribution in [0.5, 0.6) is 0 Å². The molecule has 0 aromatic carbocycles. The van der Waals surface area contributed by atoms with E-state index < -0.39 is 5.97 Å². The SMILES string of the molecule is O=C(O)c1ncccc1C1CCCO1. The number of hydrogen-bond acceptors (Lipinski definition) is 3. The molecule has 1 atom stereocenters. The van der Waals surface area contributed by atoms with Gasteiger partial charge < -0.3 is 9.84 Å². The minimum atomic E-state index is -0.990. The zero-order valence-corrected chi connectivity index (χ0v) is 7.64. The van der Waals surface area contributed by atoms with E-state index in [1.807, 2.05) is 0 Å². The molecule has 1 aromatic heterocycles. The summed E-state index contributed by atoms with van der Waals surface area (Å²) in [6.07, 6.45) is 3.27. The minimum absolute atomic E-state index is 0.0881. The van der Waals surface area contributed by atoms with Crippen LogP contribution in [-0.2, 0) is 4.74 Å². The summed E-state index contributed by atoms with van der Waals surface area (Å²) in [6, 6.07) is 3.51. The van der Waals surface area contributed by atoms with Crippen molar-refractivity contribution in [3.05, 3.63) is 29.6 Å². The lowest BCUT2D eigenvalue weighted by Crippen LogP contribution is -2.08. The van der Waals surface area contributed by atoms with E-state index in [0.717, 1.165) is 12.8 Å². The van der Waals surface area contributed by atoms with Crippen LogP contribution in [0.15, 0.2) is 18.3 Å². The lowest BCUT2D eigenvalue weighted by molar-refractivity contribution is 0.0674. The molecule has 4 nitrogen and oxygen atoms in total. The number of aromatic carboxylic acids is 1. The zero-order chi connectivity index (χ0) is 9.97. The van der Waals surface area contributed by atoms with Gasteiger partial charge in [0.15, 0.2) is 5.69 Å². The van der Waals surface area contributed by atoms with Crippen LogP contribution in [0.1, 0.15) is 35.0 Å². The second-order valence-electron chi connectivity index (χ2n) is 3.25. The van der Waals surface area contributed by atoms with Crippen LogP contribution in [0.25, 0.3) is 0 Å². The average Bonchev–Trinajstić information content (AvgIpc) is 2.70. The summed E-state index contributed by atoms with van der Waals surface area (Å²) in [6.45, 7) is 0.707. The Hall–Kier alpha value is -1.42. The molecule has 1 aliphatic rings. The predicted octanol–water partition coefficient (Wildman–Crippen LogP) is 1.63. The van der Waals surface area contributed by atoms with E-state index in [9.17, 15) is 4.79 Å². The van der Waals surface area contributed by atoms with Gasteiger partial charge in [-0.3, -0.25) is 0 Å². The number of carbonyl (C=O) groups is 1. The Labute approximate surface area is 81.5 Å². The number of ether oxygens (including phenoxy) is 1. The van der Waals surface area contributed by atoms with E-state index in [4.69, 9.17) is 9.84 Å². The summed E-state index contributed by atoms with van der Waals surface area (Å²) in [7, 11) is 0. The van der Waals surface area contributed by atoms with Crippen molar-refractivity contribution in [2.45, 2.75) is 18.9 Å². The minimum Gasteiger partial charge on any atom is -0.477 e. The third-order valence-electron chi connectivity index (χ3n) is 2.32. The first-order valence-electron chi connectivity index (χ1n) is 4.59. The van der Waals surface area contributed by atoms with Crippen LogP contribution < -0.4 is 0 Å². The maximum absolute atomic E-state index is 10.9. The monoisotopic (exact) mass is 193 g/mol.